The van der Waals surface area contributed by atoms with Crippen LogP contribution in [-0.2, 0) is 0 Å². The van der Waals surface area contributed by atoms with Gasteiger partial charge >= 0.3 is 0 Å². The van der Waals surface area contributed by atoms with E-state index in [1.807, 2.05) is 79.1 Å². The highest BCUT2D eigenvalue weighted by atomic mass is 16.5. The Morgan fingerprint density at radius 3 is 2.21 bits per heavy atom. The molecule has 0 saturated carbocycles. The topological polar surface area (TPSA) is 39.4 Å². The average Bonchev–Trinajstić information content (AvgIpc) is 3.03. The normalized spacial score (nSPS) is 11.1. The van der Waals surface area contributed by atoms with Gasteiger partial charge in [-0.2, -0.15) is 0 Å². The molecule has 29 heavy (non-hydrogen) atoms. The van der Waals surface area contributed by atoms with Crippen molar-refractivity contribution in [1.29, 1.82) is 0 Å². The van der Waals surface area contributed by atoms with Crippen LogP contribution < -0.4 is 4.74 Å². The lowest BCUT2D eigenvalue weighted by molar-refractivity contribution is 0.482. The van der Waals surface area contributed by atoms with Crippen molar-refractivity contribution >= 4 is 11.9 Å². The predicted octanol–water partition coefficient (Wildman–Crippen LogP) is 6.34. The highest BCUT2D eigenvalue weighted by Gasteiger charge is 2.09. The molecule has 0 spiro atoms. The summed E-state index contributed by atoms with van der Waals surface area (Å²) in [5, 5.41) is 0. The minimum absolute atomic E-state index is 0.793. The first-order valence-corrected chi connectivity index (χ1v) is 9.59. The van der Waals surface area contributed by atoms with Crippen LogP contribution in [0.4, 0.5) is 5.69 Å². The van der Waals surface area contributed by atoms with Gasteiger partial charge in [0, 0.05) is 29.4 Å². The Labute approximate surface area is 171 Å². The van der Waals surface area contributed by atoms with Crippen molar-refractivity contribution in [2.45, 2.75) is 20.8 Å². The third-order valence-corrected chi connectivity index (χ3v) is 4.79. The number of hydrogen-bond donors (Lipinski definition) is 0. The SMILES string of the molecule is Cc1ccc(Oc2ccc(N=Cc3cc(C)n(-c4ccccn4)c3C)cc2)cc1. The smallest absolute Gasteiger partial charge is 0.136 e. The lowest BCUT2D eigenvalue weighted by Gasteiger charge is -2.07. The highest BCUT2D eigenvalue weighted by Crippen LogP contribution is 2.25. The van der Waals surface area contributed by atoms with Crippen molar-refractivity contribution in [1.82, 2.24) is 9.55 Å². The molecule has 0 saturated heterocycles. The van der Waals surface area contributed by atoms with Crippen molar-refractivity contribution in [2.75, 3.05) is 0 Å². The van der Waals surface area contributed by atoms with Crippen LogP contribution in [0.25, 0.3) is 5.82 Å². The van der Waals surface area contributed by atoms with Gasteiger partial charge in [-0.1, -0.05) is 23.8 Å². The second-order valence-electron chi connectivity index (χ2n) is 7.02. The molecular weight excluding hydrogens is 358 g/mol. The molecule has 4 rings (SSSR count). The van der Waals surface area contributed by atoms with Crippen LogP contribution in [0, 0.1) is 20.8 Å². The predicted molar refractivity (Wildman–Crippen MR) is 118 cm³/mol. The summed E-state index contributed by atoms with van der Waals surface area (Å²) in [7, 11) is 0. The van der Waals surface area contributed by atoms with E-state index in [0.717, 1.165) is 40.0 Å². The molecular formula is C25H23N3O. The number of aliphatic imine (C=N–C) groups is 1. The molecule has 0 aliphatic rings. The van der Waals surface area contributed by atoms with Crippen molar-refractivity contribution in [2.24, 2.45) is 4.99 Å². The van der Waals surface area contributed by atoms with Gasteiger partial charge < -0.3 is 9.30 Å². The molecule has 0 fully saturated rings. The first-order chi connectivity index (χ1) is 14.1. The molecule has 4 heteroatoms. The molecule has 0 radical (unpaired) electrons. The van der Waals surface area contributed by atoms with E-state index in [2.05, 4.69) is 41.4 Å². The monoisotopic (exact) mass is 381 g/mol. The van der Waals surface area contributed by atoms with E-state index in [9.17, 15) is 0 Å². The van der Waals surface area contributed by atoms with Crippen LogP contribution in [0.15, 0.2) is 84.0 Å². The zero-order chi connectivity index (χ0) is 20.2. The van der Waals surface area contributed by atoms with E-state index in [4.69, 9.17) is 4.74 Å². The van der Waals surface area contributed by atoms with Crippen molar-refractivity contribution in [3.63, 3.8) is 0 Å². The zero-order valence-corrected chi connectivity index (χ0v) is 16.8. The van der Waals surface area contributed by atoms with Crippen molar-refractivity contribution in [3.05, 3.63) is 102 Å². The van der Waals surface area contributed by atoms with Gasteiger partial charge in [-0.3, -0.25) is 4.99 Å². The fraction of sp³-hybridized carbons (Fsp3) is 0.120. The fourth-order valence-corrected chi connectivity index (χ4v) is 3.24. The van der Waals surface area contributed by atoms with Crippen LogP contribution in [0.5, 0.6) is 11.5 Å². The van der Waals surface area contributed by atoms with Gasteiger partial charge in [0.2, 0.25) is 0 Å². The van der Waals surface area contributed by atoms with E-state index in [-0.39, 0.29) is 0 Å². The molecule has 2 heterocycles. The van der Waals surface area contributed by atoms with Crippen LogP contribution >= 0.6 is 0 Å². The molecule has 0 aliphatic carbocycles. The molecule has 0 bridgehead atoms. The number of hydrogen-bond acceptors (Lipinski definition) is 3. The summed E-state index contributed by atoms with van der Waals surface area (Å²) >= 11 is 0. The molecule has 144 valence electrons. The maximum Gasteiger partial charge on any atom is 0.136 e. The number of ether oxygens (including phenoxy) is 1. The number of aryl methyl sites for hydroxylation is 2. The zero-order valence-electron chi connectivity index (χ0n) is 16.8. The maximum absolute atomic E-state index is 5.88. The summed E-state index contributed by atoms with van der Waals surface area (Å²) in [5.74, 6) is 2.54. The molecule has 0 aliphatic heterocycles. The Hall–Kier alpha value is -3.66. The Morgan fingerprint density at radius 1 is 0.862 bits per heavy atom. The Balaban J connectivity index is 1.50. The molecule has 2 aromatic carbocycles. The number of nitrogens with zero attached hydrogens (tertiary/aromatic N) is 3. The Kier molecular flexibility index (Phi) is 5.25. The largest absolute Gasteiger partial charge is 0.457 e. The van der Waals surface area contributed by atoms with Crippen LogP contribution in [-0.4, -0.2) is 15.8 Å². The molecule has 0 amide bonds. The number of rotatable bonds is 5. The van der Waals surface area contributed by atoms with E-state index >= 15 is 0 Å². The molecule has 4 aromatic rings. The van der Waals surface area contributed by atoms with Gasteiger partial charge in [0.25, 0.3) is 0 Å². The molecule has 2 aromatic heterocycles. The first-order valence-electron chi connectivity index (χ1n) is 9.59. The van der Waals surface area contributed by atoms with Gasteiger partial charge in [0.1, 0.15) is 17.3 Å². The van der Waals surface area contributed by atoms with Crippen LogP contribution in [0.3, 0.4) is 0 Å². The number of benzene rings is 2. The Bertz CT molecular complexity index is 1130. The third-order valence-electron chi connectivity index (χ3n) is 4.79. The van der Waals surface area contributed by atoms with E-state index in [1.54, 1.807) is 0 Å². The van der Waals surface area contributed by atoms with Gasteiger partial charge in [-0.15, -0.1) is 0 Å². The fourth-order valence-electron chi connectivity index (χ4n) is 3.24. The standard InChI is InChI=1S/C25H23N3O/c1-18-7-11-23(12-8-18)29-24-13-9-22(10-14-24)27-17-21-16-19(2)28(20(21)3)25-6-4-5-15-26-25/h4-17H,1-3H3. The average molecular weight is 381 g/mol. The summed E-state index contributed by atoms with van der Waals surface area (Å²) < 4.78 is 8.01. The quantitative estimate of drug-likeness (QED) is 0.378. The summed E-state index contributed by atoms with van der Waals surface area (Å²) in [6.45, 7) is 6.22. The molecule has 4 nitrogen and oxygen atoms in total. The van der Waals surface area contributed by atoms with E-state index in [1.165, 1.54) is 5.56 Å². The summed E-state index contributed by atoms with van der Waals surface area (Å²) in [6, 6.07) is 23.9. The number of aromatic nitrogens is 2. The van der Waals surface area contributed by atoms with Gasteiger partial charge in [0.05, 0.1) is 5.69 Å². The summed E-state index contributed by atoms with van der Waals surface area (Å²) in [4.78, 5) is 9.09. The second-order valence-corrected chi connectivity index (χ2v) is 7.02. The van der Waals surface area contributed by atoms with Gasteiger partial charge in [-0.05, 0) is 75.4 Å². The minimum Gasteiger partial charge on any atom is -0.457 e. The lowest BCUT2D eigenvalue weighted by Crippen LogP contribution is -2.01. The van der Waals surface area contributed by atoms with Crippen molar-refractivity contribution in [3.8, 4) is 17.3 Å². The number of pyridine rings is 1. The first kappa shape index (κ1) is 18.7. The third kappa shape index (κ3) is 4.27. The van der Waals surface area contributed by atoms with Crippen molar-refractivity contribution < 1.29 is 4.74 Å². The Morgan fingerprint density at radius 2 is 1.55 bits per heavy atom. The molecule has 0 unspecified atom stereocenters. The molecule has 0 atom stereocenters. The second kappa shape index (κ2) is 8.15. The molecule has 0 N–H and O–H groups in total. The van der Waals surface area contributed by atoms with E-state index in [0.29, 0.717) is 0 Å². The van der Waals surface area contributed by atoms with E-state index < -0.39 is 0 Å². The maximum atomic E-state index is 5.88. The van der Waals surface area contributed by atoms with Crippen LogP contribution in [0.2, 0.25) is 0 Å². The van der Waals surface area contributed by atoms with Gasteiger partial charge in [0.15, 0.2) is 0 Å². The highest BCUT2D eigenvalue weighted by molar-refractivity contribution is 5.84. The summed E-state index contributed by atoms with van der Waals surface area (Å²) in [5.41, 5.74) is 5.41. The minimum atomic E-state index is 0.793. The lowest BCUT2D eigenvalue weighted by atomic mass is 10.2. The summed E-state index contributed by atoms with van der Waals surface area (Å²) in [6.07, 6.45) is 3.71. The van der Waals surface area contributed by atoms with Gasteiger partial charge in [-0.25, -0.2) is 4.98 Å². The van der Waals surface area contributed by atoms with Crippen LogP contribution in [0.1, 0.15) is 22.5 Å².